The standard InChI is InChI=1S/C14H23N3O2S/c1-11(17(3)13-6-7-13)10-16-20(18,19)14-8-4-12(15-2)5-9-14/h4-5,8-9,11,13,15-16H,6-7,10H2,1-3H3. The molecule has 1 aromatic rings. The normalized spacial score (nSPS) is 17.2. The average molecular weight is 297 g/mol. The number of sulfonamides is 1. The molecule has 1 aromatic carbocycles. The molecule has 2 N–H and O–H groups in total. The highest BCUT2D eigenvalue weighted by atomic mass is 32.2. The van der Waals surface area contributed by atoms with Crippen LogP contribution in [-0.2, 0) is 10.0 Å². The van der Waals surface area contributed by atoms with Gasteiger partial charge in [-0.2, -0.15) is 0 Å². The third kappa shape index (κ3) is 3.71. The van der Waals surface area contributed by atoms with E-state index < -0.39 is 10.0 Å². The number of rotatable bonds is 7. The first-order chi connectivity index (χ1) is 9.44. The number of likely N-dealkylation sites (N-methyl/N-ethyl adjacent to an activating group) is 1. The van der Waals surface area contributed by atoms with Gasteiger partial charge in [0.1, 0.15) is 0 Å². The van der Waals surface area contributed by atoms with Crippen LogP contribution in [0.1, 0.15) is 19.8 Å². The monoisotopic (exact) mass is 297 g/mol. The predicted octanol–water partition coefficient (Wildman–Crippen LogP) is 1.49. The molecule has 112 valence electrons. The van der Waals surface area contributed by atoms with Crippen molar-refractivity contribution in [2.24, 2.45) is 0 Å². The van der Waals surface area contributed by atoms with E-state index in [4.69, 9.17) is 0 Å². The fourth-order valence-corrected chi connectivity index (χ4v) is 3.22. The van der Waals surface area contributed by atoms with Crippen LogP contribution < -0.4 is 10.0 Å². The summed E-state index contributed by atoms with van der Waals surface area (Å²) in [7, 11) is 0.433. The molecular weight excluding hydrogens is 274 g/mol. The van der Waals surface area contributed by atoms with Gasteiger partial charge in [-0.25, -0.2) is 13.1 Å². The molecule has 6 heteroatoms. The van der Waals surface area contributed by atoms with E-state index >= 15 is 0 Å². The molecule has 0 saturated heterocycles. The molecule has 0 amide bonds. The number of hydrogen-bond donors (Lipinski definition) is 2. The lowest BCUT2D eigenvalue weighted by Gasteiger charge is -2.24. The summed E-state index contributed by atoms with van der Waals surface area (Å²) in [6.07, 6.45) is 2.44. The third-order valence-electron chi connectivity index (χ3n) is 3.84. The van der Waals surface area contributed by atoms with Gasteiger partial charge in [-0.1, -0.05) is 0 Å². The van der Waals surface area contributed by atoms with E-state index in [2.05, 4.69) is 22.0 Å². The van der Waals surface area contributed by atoms with Crippen molar-refractivity contribution in [3.8, 4) is 0 Å². The largest absolute Gasteiger partial charge is 0.388 e. The van der Waals surface area contributed by atoms with E-state index in [0.717, 1.165) is 5.69 Å². The van der Waals surface area contributed by atoms with Gasteiger partial charge in [0.25, 0.3) is 0 Å². The van der Waals surface area contributed by atoms with Crippen LogP contribution in [0.3, 0.4) is 0 Å². The van der Waals surface area contributed by atoms with Gasteiger partial charge in [0.05, 0.1) is 4.90 Å². The first kappa shape index (κ1) is 15.3. The van der Waals surface area contributed by atoms with Gasteiger partial charge in [-0.15, -0.1) is 0 Å². The Morgan fingerprint density at radius 1 is 1.30 bits per heavy atom. The number of anilines is 1. The molecule has 1 fully saturated rings. The molecular formula is C14H23N3O2S. The van der Waals surface area contributed by atoms with E-state index in [1.54, 1.807) is 31.3 Å². The van der Waals surface area contributed by atoms with Crippen molar-refractivity contribution in [2.75, 3.05) is 26.0 Å². The fourth-order valence-electron chi connectivity index (χ4n) is 2.10. The summed E-state index contributed by atoms with van der Waals surface area (Å²) in [6.45, 7) is 2.48. The van der Waals surface area contributed by atoms with Crippen molar-refractivity contribution >= 4 is 15.7 Å². The summed E-state index contributed by atoms with van der Waals surface area (Å²) in [5.74, 6) is 0. The lowest BCUT2D eigenvalue weighted by molar-refractivity contribution is 0.248. The highest BCUT2D eigenvalue weighted by Gasteiger charge is 2.29. The molecule has 1 saturated carbocycles. The van der Waals surface area contributed by atoms with E-state index in [9.17, 15) is 8.42 Å². The van der Waals surface area contributed by atoms with Crippen LogP contribution in [-0.4, -0.2) is 46.0 Å². The summed E-state index contributed by atoms with van der Waals surface area (Å²) in [5, 5.41) is 2.97. The molecule has 1 aliphatic carbocycles. The van der Waals surface area contributed by atoms with Crippen molar-refractivity contribution < 1.29 is 8.42 Å². The first-order valence-electron chi connectivity index (χ1n) is 6.93. The minimum absolute atomic E-state index is 0.203. The number of hydrogen-bond acceptors (Lipinski definition) is 4. The maximum atomic E-state index is 12.2. The molecule has 0 aliphatic heterocycles. The Balaban J connectivity index is 1.95. The smallest absolute Gasteiger partial charge is 0.240 e. The summed E-state index contributed by atoms with van der Waals surface area (Å²) in [5.41, 5.74) is 0.894. The van der Waals surface area contributed by atoms with Crippen LogP contribution in [0.25, 0.3) is 0 Å². The maximum absolute atomic E-state index is 12.2. The molecule has 1 aliphatic rings. The van der Waals surface area contributed by atoms with Crippen LogP contribution in [0.15, 0.2) is 29.2 Å². The average Bonchev–Trinajstić information content (AvgIpc) is 3.28. The predicted molar refractivity (Wildman–Crippen MR) is 81.4 cm³/mol. The second-order valence-corrected chi connectivity index (χ2v) is 7.14. The highest BCUT2D eigenvalue weighted by Crippen LogP contribution is 2.26. The van der Waals surface area contributed by atoms with Gasteiger partial charge < -0.3 is 5.32 Å². The summed E-state index contributed by atoms with van der Waals surface area (Å²) < 4.78 is 27.1. The number of nitrogens with zero attached hydrogens (tertiary/aromatic N) is 1. The Hall–Kier alpha value is -1.11. The van der Waals surface area contributed by atoms with Crippen molar-refractivity contribution in [3.63, 3.8) is 0 Å². The Morgan fingerprint density at radius 3 is 2.40 bits per heavy atom. The maximum Gasteiger partial charge on any atom is 0.240 e. The van der Waals surface area contributed by atoms with Gasteiger partial charge in [0.15, 0.2) is 0 Å². The van der Waals surface area contributed by atoms with Crippen LogP contribution in [0.2, 0.25) is 0 Å². The lowest BCUT2D eigenvalue weighted by Crippen LogP contribution is -2.41. The minimum atomic E-state index is -3.42. The molecule has 0 spiro atoms. The first-order valence-corrected chi connectivity index (χ1v) is 8.42. The van der Waals surface area contributed by atoms with E-state index in [1.807, 2.05) is 6.92 Å². The van der Waals surface area contributed by atoms with E-state index in [-0.39, 0.29) is 6.04 Å². The van der Waals surface area contributed by atoms with Crippen LogP contribution >= 0.6 is 0 Å². The lowest BCUT2D eigenvalue weighted by atomic mass is 10.3. The molecule has 5 nitrogen and oxygen atoms in total. The van der Waals surface area contributed by atoms with Gasteiger partial charge >= 0.3 is 0 Å². The highest BCUT2D eigenvalue weighted by molar-refractivity contribution is 7.89. The second-order valence-electron chi connectivity index (χ2n) is 5.37. The molecule has 0 aromatic heterocycles. The molecule has 0 radical (unpaired) electrons. The van der Waals surface area contributed by atoms with Crippen molar-refractivity contribution in [2.45, 2.75) is 36.7 Å². The zero-order valence-corrected chi connectivity index (χ0v) is 13.1. The number of nitrogens with one attached hydrogen (secondary N) is 2. The molecule has 0 heterocycles. The zero-order valence-electron chi connectivity index (χ0n) is 12.3. The molecule has 1 atom stereocenters. The Morgan fingerprint density at radius 2 is 1.90 bits per heavy atom. The minimum Gasteiger partial charge on any atom is -0.388 e. The van der Waals surface area contributed by atoms with Crippen molar-refractivity contribution in [3.05, 3.63) is 24.3 Å². The summed E-state index contributed by atoms with van der Waals surface area (Å²) in [4.78, 5) is 2.55. The quantitative estimate of drug-likeness (QED) is 0.800. The van der Waals surface area contributed by atoms with Gasteiger partial charge in [0, 0.05) is 31.4 Å². The molecule has 0 bridgehead atoms. The van der Waals surface area contributed by atoms with Crippen molar-refractivity contribution in [1.29, 1.82) is 0 Å². The van der Waals surface area contributed by atoms with E-state index in [0.29, 0.717) is 17.5 Å². The van der Waals surface area contributed by atoms with E-state index in [1.165, 1.54) is 12.8 Å². The Bertz CT molecular complexity index is 538. The summed E-state index contributed by atoms with van der Waals surface area (Å²) in [6, 6.07) is 7.58. The zero-order chi connectivity index (χ0) is 14.8. The second kappa shape index (κ2) is 6.11. The number of benzene rings is 1. The fraction of sp³-hybridized carbons (Fsp3) is 0.571. The third-order valence-corrected chi connectivity index (χ3v) is 5.28. The van der Waals surface area contributed by atoms with Crippen LogP contribution in [0.4, 0.5) is 5.69 Å². The van der Waals surface area contributed by atoms with Gasteiger partial charge in [-0.05, 0) is 51.1 Å². The van der Waals surface area contributed by atoms with Gasteiger partial charge in [0.2, 0.25) is 10.0 Å². The Labute approximate surface area is 121 Å². The van der Waals surface area contributed by atoms with Crippen LogP contribution in [0, 0.1) is 0 Å². The van der Waals surface area contributed by atoms with Gasteiger partial charge in [-0.3, -0.25) is 4.90 Å². The van der Waals surface area contributed by atoms with Crippen molar-refractivity contribution in [1.82, 2.24) is 9.62 Å². The Kier molecular flexibility index (Phi) is 4.67. The molecule has 1 unspecified atom stereocenters. The van der Waals surface area contributed by atoms with Crippen LogP contribution in [0.5, 0.6) is 0 Å². The topological polar surface area (TPSA) is 61.4 Å². The molecule has 2 rings (SSSR count). The molecule has 20 heavy (non-hydrogen) atoms. The summed E-state index contributed by atoms with van der Waals surface area (Å²) >= 11 is 0. The SMILES string of the molecule is CNc1ccc(S(=O)(=O)NCC(C)N(C)C2CC2)cc1.